The molecule has 0 saturated carbocycles. The fraction of sp³-hybridized carbons (Fsp3) is 0.300. The minimum atomic E-state index is 0.427. The van der Waals surface area contributed by atoms with E-state index >= 15 is 0 Å². The van der Waals surface area contributed by atoms with E-state index in [1.54, 1.807) is 18.2 Å². The van der Waals surface area contributed by atoms with E-state index < -0.39 is 0 Å². The van der Waals surface area contributed by atoms with Gasteiger partial charge in [-0.05, 0) is 24.6 Å². The molecule has 14 heavy (non-hydrogen) atoms. The van der Waals surface area contributed by atoms with Crippen LogP contribution in [0.2, 0.25) is 5.02 Å². The van der Waals surface area contributed by atoms with Crippen molar-refractivity contribution in [2.75, 3.05) is 11.9 Å². The van der Waals surface area contributed by atoms with Gasteiger partial charge in [0.25, 0.3) is 0 Å². The van der Waals surface area contributed by atoms with Crippen molar-refractivity contribution < 1.29 is 9.53 Å². The van der Waals surface area contributed by atoms with Crippen molar-refractivity contribution in [3.8, 4) is 5.75 Å². The lowest BCUT2D eigenvalue weighted by Crippen LogP contribution is -1.97. The molecule has 0 radical (unpaired) electrons. The molecule has 1 rings (SSSR count). The molecule has 0 aliphatic rings. The molecule has 0 aliphatic heterocycles. The quantitative estimate of drug-likeness (QED) is 0.469. The highest BCUT2D eigenvalue weighted by Crippen LogP contribution is 2.21. The number of hydrogen-bond acceptors (Lipinski definition) is 2. The number of halogens is 2. The third-order valence-corrected chi connectivity index (χ3v) is 2.53. The SMILES string of the molecule is O=Cc1ccc(OCCCBr)cc1Cl. The van der Waals surface area contributed by atoms with Crippen molar-refractivity contribution in [1.82, 2.24) is 0 Å². The van der Waals surface area contributed by atoms with Gasteiger partial charge in [-0.3, -0.25) is 4.79 Å². The van der Waals surface area contributed by atoms with E-state index in [1.807, 2.05) is 0 Å². The first-order valence-electron chi connectivity index (χ1n) is 4.21. The lowest BCUT2D eigenvalue weighted by atomic mass is 10.2. The number of hydrogen-bond donors (Lipinski definition) is 0. The number of ether oxygens (including phenoxy) is 1. The third-order valence-electron chi connectivity index (χ3n) is 1.65. The van der Waals surface area contributed by atoms with Crippen molar-refractivity contribution in [2.24, 2.45) is 0 Å². The number of alkyl halides is 1. The number of rotatable bonds is 5. The van der Waals surface area contributed by atoms with Crippen molar-refractivity contribution in [3.05, 3.63) is 28.8 Å². The molecule has 4 heteroatoms. The lowest BCUT2D eigenvalue weighted by Gasteiger charge is -2.05. The minimum Gasteiger partial charge on any atom is -0.494 e. The minimum absolute atomic E-state index is 0.427. The molecule has 0 aliphatic carbocycles. The molecule has 76 valence electrons. The molecular weight excluding hydrogens is 267 g/mol. The van der Waals surface area contributed by atoms with Gasteiger partial charge in [0.1, 0.15) is 5.75 Å². The van der Waals surface area contributed by atoms with Gasteiger partial charge in [0, 0.05) is 10.9 Å². The second kappa shape index (κ2) is 6.04. The predicted octanol–water partition coefficient (Wildman–Crippen LogP) is 3.32. The van der Waals surface area contributed by atoms with Gasteiger partial charge in [-0.25, -0.2) is 0 Å². The molecule has 0 aromatic heterocycles. The Morgan fingerprint density at radius 3 is 2.86 bits per heavy atom. The zero-order valence-corrected chi connectivity index (χ0v) is 9.85. The molecule has 1 aromatic rings. The summed E-state index contributed by atoms with van der Waals surface area (Å²) < 4.78 is 5.40. The van der Waals surface area contributed by atoms with E-state index in [2.05, 4.69) is 15.9 Å². The summed E-state index contributed by atoms with van der Waals surface area (Å²) in [4.78, 5) is 10.5. The Morgan fingerprint density at radius 2 is 2.29 bits per heavy atom. The average Bonchev–Trinajstić information content (AvgIpc) is 2.18. The van der Waals surface area contributed by atoms with E-state index in [1.165, 1.54) is 0 Å². The maximum Gasteiger partial charge on any atom is 0.151 e. The van der Waals surface area contributed by atoms with Gasteiger partial charge in [-0.1, -0.05) is 27.5 Å². The van der Waals surface area contributed by atoms with Crippen LogP contribution >= 0.6 is 27.5 Å². The van der Waals surface area contributed by atoms with Crippen molar-refractivity contribution in [3.63, 3.8) is 0 Å². The van der Waals surface area contributed by atoms with E-state index in [0.29, 0.717) is 22.9 Å². The predicted molar refractivity (Wildman–Crippen MR) is 60.7 cm³/mol. The number of benzene rings is 1. The van der Waals surface area contributed by atoms with Crippen LogP contribution in [0.1, 0.15) is 16.8 Å². The molecule has 1 aromatic carbocycles. The van der Waals surface area contributed by atoms with Crippen LogP contribution in [-0.2, 0) is 0 Å². The molecule has 0 amide bonds. The first-order valence-corrected chi connectivity index (χ1v) is 5.71. The zero-order valence-electron chi connectivity index (χ0n) is 7.50. The van der Waals surface area contributed by atoms with Crippen LogP contribution in [0, 0.1) is 0 Å². The monoisotopic (exact) mass is 276 g/mol. The fourth-order valence-corrected chi connectivity index (χ4v) is 1.38. The van der Waals surface area contributed by atoms with Crippen LogP contribution in [0.25, 0.3) is 0 Å². The van der Waals surface area contributed by atoms with E-state index in [0.717, 1.165) is 18.0 Å². The molecule has 0 N–H and O–H groups in total. The van der Waals surface area contributed by atoms with E-state index in [4.69, 9.17) is 16.3 Å². The Bertz CT molecular complexity index is 315. The third kappa shape index (κ3) is 3.31. The normalized spacial score (nSPS) is 9.86. The Balaban J connectivity index is 2.62. The van der Waals surface area contributed by atoms with Gasteiger partial charge in [0.2, 0.25) is 0 Å². The maximum atomic E-state index is 10.5. The summed E-state index contributed by atoms with van der Waals surface area (Å²) in [5.41, 5.74) is 0.486. The van der Waals surface area contributed by atoms with Gasteiger partial charge in [0.15, 0.2) is 6.29 Å². The summed E-state index contributed by atoms with van der Waals surface area (Å²) >= 11 is 9.13. The molecule has 0 bridgehead atoms. The van der Waals surface area contributed by atoms with Gasteiger partial charge < -0.3 is 4.74 Å². The summed E-state index contributed by atoms with van der Waals surface area (Å²) in [6, 6.07) is 5.04. The molecule has 2 nitrogen and oxygen atoms in total. The van der Waals surface area contributed by atoms with Gasteiger partial charge in [-0.2, -0.15) is 0 Å². The molecule has 0 heterocycles. The van der Waals surface area contributed by atoms with Crippen molar-refractivity contribution >= 4 is 33.8 Å². The smallest absolute Gasteiger partial charge is 0.151 e. The molecular formula is C10H10BrClO2. The van der Waals surface area contributed by atoms with Crippen LogP contribution < -0.4 is 4.74 Å². The Hall–Kier alpha value is -0.540. The number of carbonyl (C=O) groups excluding carboxylic acids is 1. The highest BCUT2D eigenvalue weighted by molar-refractivity contribution is 9.09. The first kappa shape index (κ1) is 11.5. The highest BCUT2D eigenvalue weighted by Gasteiger charge is 2.00. The topological polar surface area (TPSA) is 26.3 Å². The largest absolute Gasteiger partial charge is 0.494 e. The molecule has 0 saturated heterocycles. The lowest BCUT2D eigenvalue weighted by molar-refractivity contribution is 0.112. The van der Waals surface area contributed by atoms with Crippen molar-refractivity contribution in [2.45, 2.75) is 6.42 Å². The molecule has 0 fully saturated rings. The Labute approximate surface area is 96.3 Å². The zero-order chi connectivity index (χ0) is 10.4. The van der Waals surface area contributed by atoms with Crippen LogP contribution in [0.4, 0.5) is 0 Å². The first-order chi connectivity index (χ1) is 6.77. The van der Waals surface area contributed by atoms with Gasteiger partial charge in [0.05, 0.1) is 11.6 Å². The van der Waals surface area contributed by atoms with Crippen LogP contribution in [0.15, 0.2) is 18.2 Å². The van der Waals surface area contributed by atoms with Crippen LogP contribution in [0.5, 0.6) is 5.75 Å². The van der Waals surface area contributed by atoms with E-state index in [9.17, 15) is 4.79 Å². The molecule has 0 spiro atoms. The number of carbonyl (C=O) groups is 1. The van der Waals surface area contributed by atoms with Crippen molar-refractivity contribution in [1.29, 1.82) is 0 Å². The standard InChI is InChI=1S/C10H10BrClO2/c11-4-1-5-14-9-3-2-8(7-13)10(12)6-9/h2-3,6-7H,1,4-5H2. The number of aldehydes is 1. The summed E-state index contributed by atoms with van der Waals surface area (Å²) in [7, 11) is 0. The molecule has 0 atom stereocenters. The van der Waals surface area contributed by atoms with Gasteiger partial charge in [-0.15, -0.1) is 0 Å². The fourth-order valence-electron chi connectivity index (χ4n) is 0.938. The average molecular weight is 278 g/mol. The second-order valence-electron chi connectivity index (χ2n) is 2.69. The van der Waals surface area contributed by atoms with Crippen LogP contribution in [0.3, 0.4) is 0 Å². The van der Waals surface area contributed by atoms with Crippen LogP contribution in [-0.4, -0.2) is 18.2 Å². The second-order valence-corrected chi connectivity index (χ2v) is 3.89. The van der Waals surface area contributed by atoms with E-state index in [-0.39, 0.29) is 0 Å². The van der Waals surface area contributed by atoms with Gasteiger partial charge >= 0.3 is 0 Å². The molecule has 0 unspecified atom stereocenters. The summed E-state index contributed by atoms with van der Waals surface area (Å²) in [6.07, 6.45) is 1.66. The highest BCUT2D eigenvalue weighted by atomic mass is 79.9. The summed E-state index contributed by atoms with van der Waals surface area (Å²) in [6.45, 7) is 0.641. The summed E-state index contributed by atoms with van der Waals surface area (Å²) in [5, 5.41) is 1.34. The summed E-state index contributed by atoms with van der Waals surface area (Å²) in [5.74, 6) is 0.696. The Morgan fingerprint density at radius 1 is 1.50 bits per heavy atom. The maximum absolute atomic E-state index is 10.5. The Kier molecular flexibility index (Phi) is 4.98.